The van der Waals surface area contributed by atoms with E-state index in [1.54, 1.807) is 31.2 Å². The summed E-state index contributed by atoms with van der Waals surface area (Å²) in [5, 5.41) is 2.71. The Bertz CT molecular complexity index is 1000. The van der Waals surface area contributed by atoms with E-state index in [1.165, 1.54) is 23.3 Å². The van der Waals surface area contributed by atoms with Gasteiger partial charge in [0.2, 0.25) is 0 Å². The third-order valence-electron chi connectivity index (χ3n) is 4.00. The van der Waals surface area contributed by atoms with Crippen LogP contribution in [0.2, 0.25) is 0 Å². The van der Waals surface area contributed by atoms with Crippen LogP contribution in [0.3, 0.4) is 0 Å². The van der Waals surface area contributed by atoms with Crippen molar-refractivity contribution >= 4 is 22.9 Å². The van der Waals surface area contributed by atoms with E-state index in [2.05, 4.69) is 20.3 Å². The van der Waals surface area contributed by atoms with Gasteiger partial charge in [-0.1, -0.05) is 18.2 Å². The first-order valence-electron chi connectivity index (χ1n) is 8.35. The molecule has 1 aliphatic heterocycles. The summed E-state index contributed by atoms with van der Waals surface area (Å²) in [6, 6.07) is 8.72. The summed E-state index contributed by atoms with van der Waals surface area (Å²) in [6.07, 6.45) is 2.14. The van der Waals surface area contributed by atoms with E-state index in [1.807, 2.05) is 6.07 Å². The number of carbonyl (C=O) groups is 1. The third-order valence-corrected chi connectivity index (χ3v) is 4.00. The van der Waals surface area contributed by atoms with E-state index in [0.717, 1.165) is 0 Å². The normalized spacial score (nSPS) is 19.3. The Balaban J connectivity index is 1.63. The molecule has 2 aromatic heterocycles. The molecule has 1 N–H and O–H groups in total. The zero-order chi connectivity index (χ0) is 18.8. The number of hydrogen-bond acceptors (Lipinski definition) is 6. The van der Waals surface area contributed by atoms with E-state index < -0.39 is 18.3 Å². The molecule has 9 heteroatoms. The van der Waals surface area contributed by atoms with E-state index in [-0.39, 0.29) is 11.7 Å². The fourth-order valence-electron chi connectivity index (χ4n) is 2.78. The highest BCUT2D eigenvalue weighted by Gasteiger charge is 2.31. The zero-order valence-electron chi connectivity index (χ0n) is 14.4. The number of ether oxygens (including phenoxy) is 2. The van der Waals surface area contributed by atoms with Crippen LogP contribution in [0.15, 0.2) is 54.9 Å². The van der Waals surface area contributed by atoms with Crippen LogP contribution in [0.5, 0.6) is 0 Å². The highest BCUT2D eigenvalue weighted by molar-refractivity contribution is 6.06. The van der Waals surface area contributed by atoms with Crippen LogP contribution < -0.4 is 5.32 Å². The predicted molar refractivity (Wildman–Crippen MR) is 94.4 cm³/mol. The molecule has 1 aliphatic rings. The van der Waals surface area contributed by atoms with Crippen LogP contribution in [-0.2, 0) is 9.47 Å². The minimum atomic E-state index is -1.03. The van der Waals surface area contributed by atoms with Crippen molar-refractivity contribution in [1.82, 2.24) is 19.5 Å². The first kappa shape index (κ1) is 17.3. The summed E-state index contributed by atoms with van der Waals surface area (Å²) >= 11 is 0. The van der Waals surface area contributed by atoms with Crippen LogP contribution in [0.1, 0.15) is 23.5 Å². The van der Waals surface area contributed by atoms with Gasteiger partial charge >= 0.3 is 0 Å². The number of imidazole rings is 1. The first-order valence-corrected chi connectivity index (χ1v) is 8.35. The molecule has 0 spiro atoms. The summed E-state index contributed by atoms with van der Waals surface area (Å²) in [4.78, 5) is 24.8. The molecule has 1 aromatic carbocycles. The number of hydrogen-bond donors (Lipinski definition) is 1. The SMILES string of the molecule is CCO[C@@H]1C=C(F)[C@H](n2cnc3c(NC(=O)c4ccccc4)ncnc32)O1. The monoisotopic (exact) mass is 369 g/mol. The van der Waals surface area contributed by atoms with Crippen molar-refractivity contribution in [3.63, 3.8) is 0 Å². The largest absolute Gasteiger partial charge is 0.349 e. The lowest BCUT2D eigenvalue weighted by Crippen LogP contribution is -2.16. The average Bonchev–Trinajstić information content (AvgIpc) is 3.26. The van der Waals surface area contributed by atoms with Crippen molar-refractivity contribution in [1.29, 1.82) is 0 Å². The molecule has 138 valence electrons. The quantitative estimate of drug-likeness (QED) is 0.744. The number of benzene rings is 1. The van der Waals surface area contributed by atoms with Crippen LogP contribution in [-0.4, -0.2) is 38.3 Å². The number of rotatable bonds is 5. The van der Waals surface area contributed by atoms with E-state index in [4.69, 9.17) is 9.47 Å². The van der Waals surface area contributed by atoms with Crippen molar-refractivity contribution in [2.75, 3.05) is 11.9 Å². The third kappa shape index (κ3) is 3.29. The summed E-state index contributed by atoms with van der Waals surface area (Å²) < 4.78 is 26.5. The Morgan fingerprint density at radius 1 is 1.30 bits per heavy atom. The predicted octanol–water partition coefficient (Wildman–Crippen LogP) is 2.82. The smallest absolute Gasteiger partial charge is 0.256 e. The molecule has 0 aliphatic carbocycles. The summed E-state index contributed by atoms with van der Waals surface area (Å²) in [6.45, 7) is 2.19. The van der Waals surface area contributed by atoms with Gasteiger partial charge in [-0.25, -0.2) is 19.3 Å². The molecule has 0 saturated carbocycles. The molecule has 2 atom stereocenters. The summed E-state index contributed by atoms with van der Waals surface area (Å²) in [5.74, 6) is -0.595. The fourth-order valence-corrected chi connectivity index (χ4v) is 2.78. The molecule has 0 bridgehead atoms. The molecule has 8 nitrogen and oxygen atoms in total. The number of amides is 1. The first-order chi connectivity index (χ1) is 13.2. The van der Waals surface area contributed by atoms with Crippen LogP contribution in [0, 0.1) is 0 Å². The lowest BCUT2D eigenvalue weighted by Gasteiger charge is -2.15. The molecule has 1 amide bonds. The Kier molecular flexibility index (Phi) is 4.61. The van der Waals surface area contributed by atoms with Gasteiger partial charge in [-0.15, -0.1) is 0 Å². The second-order valence-corrected chi connectivity index (χ2v) is 5.73. The van der Waals surface area contributed by atoms with Crippen molar-refractivity contribution in [3.05, 3.63) is 60.5 Å². The molecule has 0 saturated heterocycles. The number of carbonyl (C=O) groups excluding carboxylic acids is 1. The topological polar surface area (TPSA) is 91.2 Å². The number of fused-ring (bicyclic) bond motifs is 1. The van der Waals surface area contributed by atoms with Crippen LogP contribution in [0.25, 0.3) is 11.2 Å². The van der Waals surface area contributed by atoms with Gasteiger partial charge in [-0.05, 0) is 19.1 Å². The van der Waals surface area contributed by atoms with Gasteiger partial charge in [0.05, 0.1) is 6.33 Å². The maximum Gasteiger partial charge on any atom is 0.256 e. The number of halogens is 1. The maximum atomic E-state index is 14.3. The molecule has 3 heterocycles. The van der Waals surface area contributed by atoms with E-state index in [9.17, 15) is 9.18 Å². The minimum Gasteiger partial charge on any atom is -0.349 e. The van der Waals surface area contributed by atoms with Crippen molar-refractivity contribution in [2.45, 2.75) is 19.4 Å². The van der Waals surface area contributed by atoms with Gasteiger partial charge in [0.15, 0.2) is 35.3 Å². The highest BCUT2D eigenvalue weighted by Crippen LogP contribution is 2.33. The number of anilines is 1. The maximum absolute atomic E-state index is 14.3. The van der Waals surface area contributed by atoms with Gasteiger partial charge in [0.25, 0.3) is 5.91 Å². The molecule has 0 fully saturated rings. The van der Waals surface area contributed by atoms with Gasteiger partial charge in [0.1, 0.15) is 6.33 Å². The molecule has 27 heavy (non-hydrogen) atoms. The Morgan fingerprint density at radius 3 is 2.89 bits per heavy atom. The number of aromatic nitrogens is 4. The van der Waals surface area contributed by atoms with Crippen molar-refractivity contribution in [3.8, 4) is 0 Å². The molecule has 0 unspecified atom stereocenters. The van der Waals surface area contributed by atoms with E-state index >= 15 is 0 Å². The second kappa shape index (κ2) is 7.22. The van der Waals surface area contributed by atoms with Gasteiger partial charge in [-0.3, -0.25) is 9.36 Å². The standard InChI is InChI=1S/C18H16FN5O3/c1-2-26-13-8-12(19)18(27-13)24-10-22-14-15(20-9-21-16(14)24)23-17(25)11-6-4-3-5-7-11/h3-10,13,18H,2H2,1H3,(H,20,21,23,25)/t13-,18+/m0/s1. The van der Waals surface area contributed by atoms with Gasteiger partial charge in [0, 0.05) is 18.2 Å². The molecule has 0 radical (unpaired) electrons. The lowest BCUT2D eigenvalue weighted by atomic mass is 10.2. The second-order valence-electron chi connectivity index (χ2n) is 5.73. The zero-order valence-corrected chi connectivity index (χ0v) is 14.4. The Labute approximate surface area is 153 Å². The molecule has 4 rings (SSSR count). The minimum absolute atomic E-state index is 0.233. The van der Waals surface area contributed by atoms with Gasteiger partial charge in [-0.2, -0.15) is 0 Å². The lowest BCUT2D eigenvalue weighted by molar-refractivity contribution is -0.135. The number of nitrogens with one attached hydrogen (secondary N) is 1. The van der Waals surface area contributed by atoms with Crippen LogP contribution in [0.4, 0.5) is 10.2 Å². The molecule has 3 aromatic rings. The van der Waals surface area contributed by atoms with Crippen molar-refractivity contribution < 1.29 is 18.7 Å². The average molecular weight is 369 g/mol. The van der Waals surface area contributed by atoms with Crippen LogP contribution >= 0.6 is 0 Å². The molecular formula is C18H16FN5O3. The Morgan fingerprint density at radius 2 is 2.11 bits per heavy atom. The number of nitrogens with zero attached hydrogens (tertiary/aromatic N) is 4. The van der Waals surface area contributed by atoms with Gasteiger partial charge < -0.3 is 14.8 Å². The summed E-state index contributed by atoms with van der Waals surface area (Å²) in [7, 11) is 0. The van der Waals surface area contributed by atoms with E-state index in [0.29, 0.717) is 23.3 Å². The molecular weight excluding hydrogens is 353 g/mol. The fraction of sp³-hybridized carbons (Fsp3) is 0.222. The highest BCUT2D eigenvalue weighted by atomic mass is 19.1. The summed E-state index contributed by atoms with van der Waals surface area (Å²) in [5.41, 5.74) is 1.15. The Hall–Kier alpha value is -3.17. The van der Waals surface area contributed by atoms with Crippen molar-refractivity contribution in [2.24, 2.45) is 0 Å².